The van der Waals surface area contributed by atoms with Crippen LogP contribution in [0, 0.1) is 0 Å². The van der Waals surface area contributed by atoms with Crippen molar-refractivity contribution in [3.63, 3.8) is 0 Å². The fourth-order valence-electron chi connectivity index (χ4n) is 2.58. The van der Waals surface area contributed by atoms with Crippen LogP contribution in [0.1, 0.15) is 31.4 Å². The van der Waals surface area contributed by atoms with E-state index in [9.17, 15) is 0 Å². The summed E-state index contributed by atoms with van der Waals surface area (Å²) in [7, 11) is 0. The van der Waals surface area contributed by atoms with Gasteiger partial charge in [0, 0.05) is 18.1 Å². The number of H-pyrrole nitrogens is 1. The van der Waals surface area contributed by atoms with Crippen molar-refractivity contribution in [2.75, 3.05) is 13.1 Å². The van der Waals surface area contributed by atoms with Gasteiger partial charge in [0.25, 0.3) is 0 Å². The Hall–Kier alpha value is -1.35. The first kappa shape index (κ1) is 10.8. The highest BCUT2D eigenvalue weighted by atomic mass is 15.1. The summed E-state index contributed by atoms with van der Waals surface area (Å²) in [6.07, 6.45) is 7.40. The van der Waals surface area contributed by atoms with Gasteiger partial charge < -0.3 is 4.98 Å². The van der Waals surface area contributed by atoms with Gasteiger partial charge in [-0.15, -0.1) is 0 Å². The number of nitrogens with zero attached hydrogens (tertiary/aromatic N) is 2. The van der Waals surface area contributed by atoms with E-state index >= 15 is 0 Å². The molecular formula is C14H19N3. The van der Waals surface area contributed by atoms with Crippen molar-refractivity contribution in [1.82, 2.24) is 14.9 Å². The Bertz CT molecular complexity index is 481. The average molecular weight is 229 g/mol. The molecule has 1 fully saturated rings. The fourth-order valence-corrected chi connectivity index (χ4v) is 2.58. The SMILES string of the molecule is c1cc2ccc(CN3CCCCCC3)nc2[nH]1. The van der Waals surface area contributed by atoms with Crippen molar-refractivity contribution in [2.45, 2.75) is 32.2 Å². The zero-order valence-electron chi connectivity index (χ0n) is 10.2. The predicted octanol–water partition coefficient (Wildman–Crippen LogP) is 2.94. The molecule has 1 saturated heterocycles. The molecule has 0 bridgehead atoms. The van der Waals surface area contributed by atoms with Crippen LogP contribution < -0.4 is 0 Å². The summed E-state index contributed by atoms with van der Waals surface area (Å²) in [6, 6.07) is 6.38. The van der Waals surface area contributed by atoms with Gasteiger partial charge in [-0.25, -0.2) is 4.98 Å². The van der Waals surface area contributed by atoms with Crippen LogP contribution in [0.25, 0.3) is 11.0 Å². The summed E-state index contributed by atoms with van der Waals surface area (Å²) < 4.78 is 0. The first-order chi connectivity index (χ1) is 8.42. The largest absolute Gasteiger partial charge is 0.346 e. The third-order valence-electron chi connectivity index (χ3n) is 3.55. The normalized spacial score (nSPS) is 18.4. The van der Waals surface area contributed by atoms with E-state index < -0.39 is 0 Å². The van der Waals surface area contributed by atoms with Crippen molar-refractivity contribution in [2.24, 2.45) is 0 Å². The number of fused-ring (bicyclic) bond motifs is 1. The molecule has 1 aliphatic rings. The maximum atomic E-state index is 4.66. The lowest BCUT2D eigenvalue weighted by Gasteiger charge is -2.18. The van der Waals surface area contributed by atoms with Crippen molar-refractivity contribution in [3.05, 3.63) is 30.1 Å². The summed E-state index contributed by atoms with van der Waals surface area (Å²) in [6.45, 7) is 3.45. The van der Waals surface area contributed by atoms with Crippen LogP contribution in [0.5, 0.6) is 0 Å². The standard InChI is InChI=1S/C14H19N3/c1-2-4-10-17(9-3-1)11-13-6-5-12-7-8-15-14(12)16-13/h5-8H,1-4,9-11H2,(H,15,16). The van der Waals surface area contributed by atoms with Crippen LogP contribution in [0.4, 0.5) is 0 Å². The van der Waals surface area contributed by atoms with Crippen LogP contribution in [-0.4, -0.2) is 28.0 Å². The van der Waals surface area contributed by atoms with Gasteiger partial charge in [0.05, 0.1) is 5.69 Å². The molecule has 1 aliphatic heterocycles. The number of nitrogens with one attached hydrogen (secondary N) is 1. The Kier molecular flexibility index (Phi) is 3.10. The number of likely N-dealkylation sites (tertiary alicyclic amines) is 1. The smallest absolute Gasteiger partial charge is 0.137 e. The van der Waals surface area contributed by atoms with Gasteiger partial charge in [-0.05, 0) is 44.1 Å². The molecule has 0 aromatic carbocycles. The quantitative estimate of drug-likeness (QED) is 0.858. The van der Waals surface area contributed by atoms with Crippen LogP contribution in [0.15, 0.2) is 24.4 Å². The summed E-state index contributed by atoms with van der Waals surface area (Å²) in [5, 5.41) is 1.20. The van der Waals surface area contributed by atoms with Crippen LogP contribution in [0.2, 0.25) is 0 Å². The third kappa shape index (κ3) is 2.50. The average Bonchev–Trinajstić information content (AvgIpc) is 2.65. The molecule has 0 aliphatic carbocycles. The monoisotopic (exact) mass is 229 g/mol. The minimum absolute atomic E-state index is 0.995. The summed E-state index contributed by atoms with van der Waals surface area (Å²) >= 11 is 0. The lowest BCUT2D eigenvalue weighted by molar-refractivity contribution is 0.274. The number of pyridine rings is 1. The van der Waals surface area contributed by atoms with Gasteiger partial charge in [0.15, 0.2) is 0 Å². The molecule has 0 saturated carbocycles. The Morgan fingerprint density at radius 1 is 1.06 bits per heavy atom. The molecule has 0 spiro atoms. The predicted molar refractivity (Wildman–Crippen MR) is 69.8 cm³/mol. The molecule has 0 atom stereocenters. The van der Waals surface area contributed by atoms with E-state index in [1.807, 2.05) is 6.20 Å². The first-order valence-electron chi connectivity index (χ1n) is 6.57. The van der Waals surface area contributed by atoms with Crippen LogP contribution in [-0.2, 0) is 6.54 Å². The van der Waals surface area contributed by atoms with E-state index in [0.29, 0.717) is 0 Å². The van der Waals surface area contributed by atoms with Gasteiger partial charge in [-0.3, -0.25) is 4.90 Å². The van der Waals surface area contributed by atoms with E-state index in [-0.39, 0.29) is 0 Å². The zero-order chi connectivity index (χ0) is 11.5. The Labute approximate surface area is 102 Å². The van der Waals surface area contributed by atoms with Crippen molar-refractivity contribution >= 4 is 11.0 Å². The molecule has 2 aromatic heterocycles. The second kappa shape index (κ2) is 4.88. The fraction of sp³-hybridized carbons (Fsp3) is 0.500. The molecule has 0 radical (unpaired) electrons. The van der Waals surface area contributed by atoms with E-state index in [0.717, 1.165) is 12.2 Å². The lowest BCUT2D eigenvalue weighted by Crippen LogP contribution is -2.24. The molecule has 1 N–H and O–H groups in total. The molecule has 0 unspecified atom stereocenters. The molecule has 3 heteroatoms. The topological polar surface area (TPSA) is 31.9 Å². The number of aromatic nitrogens is 2. The van der Waals surface area contributed by atoms with Crippen molar-refractivity contribution in [3.8, 4) is 0 Å². The van der Waals surface area contributed by atoms with Crippen molar-refractivity contribution < 1.29 is 0 Å². The zero-order valence-corrected chi connectivity index (χ0v) is 10.2. The van der Waals surface area contributed by atoms with E-state index in [2.05, 4.69) is 33.1 Å². The van der Waals surface area contributed by atoms with Crippen molar-refractivity contribution in [1.29, 1.82) is 0 Å². The van der Waals surface area contributed by atoms with E-state index in [1.165, 1.54) is 49.9 Å². The summed E-state index contributed by atoms with van der Waals surface area (Å²) in [4.78, 5) is 10.4. The second-order valence-electron chi connectivity index (χ2n) is 4.91. The molecule has 0 amide bonds. The Balaban J connectivity index is 1.74. The molecule has 2 aromatic rings. The maximum Gasteiger partial charge on any atom is 0.137 e. The van der Waals surface area contributed by atoms with Gasteiger partial charge in [-0.2, -0.15) is 0 Å². The highest BCUT2D eigenvalue weighted by Gasteiger charge is 2.10. The maximum absolute atomic E-state index is 4.66. The number of hydrogen-bond donors (Lipinski definition) is 1. The summed E-state index contributed by atoms with van der Waals surface area (Å²) in [5.74, 6) is 0. The molecule has 3 rings (SSSR count). The highest BCUT2D eigenvalue weighted by Crippen LogP contribution is 2.14. The van der Waals surface area contributed by atoms with Gasteiger partial charge in [0.2, 0.25) is 0 Å². The lowest BCUT2D eigenvalue weighted by atomic mass is 10.2. The van der Waals surface area contributed by atoms with E-state index in [1.54, 1.807) is 0 Å². The summed E-state index contributed by atoms with van der Waals surface area (Å²) in [5.41, 5.74) is 2.19. The number of hydrogen-bond acceptors (Lipinski definition) is 2. The van der Waals surface area contributed by atoms with E-state index in [4.69, 9.17) is 0 Å². The molecule has 90 valence electrons. The van der Waals surface area contributed by atoms with Gasteiger partial charge >= 0.3 is 0 Å². The van der Waals surface area contributed by atoms with Gasteiger partial charge in [0.1, 0.15) is 5.65 Å². The Morgan fingerprint density at radius 3 is 2.71 bits per heavy atom. The number of aromatic amines is 1. The molecule has 3 nitrogen and oxygen atoms in total. The Morgan fingerprint density at radius 2 is 1.88 bits per heavy atom. The van der Waals surface area contributed by atoms with Gasteiger partial charge in [-0.1, -0.05) is 12.8 Å². The van der Waals surface area contributed by atoms with Crippen LogP contribution >= 0.6 is 0 Å². The second-order valence-corrected chi connectivity index (χ2v) is 4.91. The van der Waals surface area contributed by atoms with Crippen LogP contribution in [0.3, 0.4) is 0 Å². The first-order valence-corrected chi connectivity index (χ1v) is 6.57. The molecular weight excluding hydrogens is 210 g/mol. The molecule has 3 heterocycles. The molecule has 17 heavy (non-hydrogen) atoms. The minimum Gasteiger partial charge on any atom is -0.346 e. The minimum atomic E-state index is 0.995. The highest BCUT2D eigenvalue weighted by molar-refractivity contribution is 5.75. The number of rotatable bonds is 2. The third-order valence-corrected chi connectivity index (χ3v) is 3.55.